The first-order chi connectivity index (χ1) is 14.2. The van der Waals surface area contributed by atoms with Crippen molar-refractivity contribution < 1.29 is 41.0 Å². The smallest absolute Gasteiger partial charge is 0.416 e. The average Bonchev–Trinajstić information content (AvgIpc) is 2.59. The van der Waals surface area contributed by atoms with Crippen molar-refractivity contribution in [3.63, 3.8) is 0 Å². The quantitative estimate of drug-likeness (QED) is 0.450. The number of rotatable bonds is 6. The highest BCUT2D eigenvalue weighted by Gasteiger charge is 2.37. The zero-order valence-corrected chi connectivity index (χ0v) is 16.8. The number of carbonyl (C=O) groups excluding carboxylic acids is 1. The van der Waals surface area contributed by atoms with E-state index in [9.17, 15) is 35.9 Å². The summed E-state index contributed by atoms with van der Waals surface area (Å²) < 4.78 is 77.7. The molecule has 0 aliphatic heterocycles. The van der Waals surface area contributed by atoms with Gasteiger partial charge in [-0.3, -0.25) is 9.59 Å². The molecule has 1 atom stereocenters. The van der Waals surface area contributed by atoms with Gasteiger partial charge in [0.05, 0.1) is 17.5 Å². The molecule has 0 bridgehead atoms. The van der Waals surface area contributed by atoms with Gasteiger partial charge in [-0.25, -0.2) is 0 Å². The first-order valence-corrected chi connectivity index (χ1v) is 9.18. The molecule has 0 heterocycles. The lowest BCUT2D eigenvalue weighted by molar-refractivity contribution is -0.143. The predicted molar refractivity (Wildman–Crippen MR) is 101 cm³/mol. The Morgan fingerprint density at radius 2 is 1.45 bits per heavy atom. The van der Waals surface area contributed by atoms with E-state index in [0.717, 1.165) is 0 Å². The standard InChI is InChI=1S/C19H13Cl2F6NO3/c20-12-1-2-14(15(21)8-12)9(4-17(30)31)3-16(29)28-13-6-10(18(22,23)24)5-11(7-13)19(25,26)27/h1-2,5-9H,3-4H2,(H,28,29)(H,30,31). The highest BCUT2D eigenvalue weighted by molar-refractivity contribution is 6.35. The summed E-state index contributed by atoms with van der Waals surface area (Å²) in [4.78, 5) is 23.5. The first kappa shape index (κ1) is 24.8. The summed E-state index contributed by atoms with van der Waals surface area (Å²) in [6.45, 7) is 0. The van der Waals surface area contributed by atoms with Crippen LogP contribution in [0.3, 0.4) is 0 Å². The minimum atomic E-state index is -5.08. The third-order valence-corrected chi connectivity index (χ3v) is 4.69. The van der Waals surface area contributed by atoms with Gasteiger partial charge in [-0.15, -0.1) is 0 Å². The van der Waals surface area contributed by atoms with Gasteiger partial charge in [0, 0.05) is 28.1 Å². The van der Waals surface area contributed by atoms with Crippen molar-refractivity contribution in [3.05, 3.63) is 63.1 Å². The molecule has 2 rings (SSSR count). The summed E-state index contributed by atoms with van der Waals surface area (Å²) in [5.41, 5.74) is -3.69. The molecule has 0 radical (unpaired) electrons. The zero-order valence-electron chi connectivity index (χ0n) is 15.2. The average molecular weight is 488 g/mol. The van der Waals surface area contributed by atoms with Crippen LogP contribution in [0.5, 0.6) is 0 Å². The lowest BCUT2D eigenvalue weighted by atomic mass is 9.92. The Morgan fingerprint density at radius 1 is 0.903 bits per heavy atom. The number of aliphatic carboxylic acids is 1. The van der Waals surface area contributed by atoms with E-state index >= 15 is 0 Å². The van der Waals surface area contributed by atoms with Crippen molar-refractivity contribution in [1.29, 1.82) is 0 Å². The minimum Gasteiger partial charge on any atom is -0.481 e. The van der Waals surface area contributed by atoms with E-state index in [2.05, 4.69) is 0 Å². The number of nitrogens with one attached hydrogen (secondary N) is 1. The minimum absolute atomic E-state index is 0.0602. The molecule has 0 aliphatic rings. The lowest BCUT2D eigenvalue weighted by Gasteiger charge is -2.18. The number of anilines is 1. The topological polar surface area (TPSA) is 66.4 Å². The molecule has 1 amide bonds. The molecule has 31 heavy (non-hydrogen) atoms. The van der Waals surface area contributed by atoms with Crippen molar-refractivity contribution in [3.8, 4) is 0 Å². The van der Waals surface area contributed by atoms with Crippen LogP contribution in [0, 0.1) is 0 Å². The zero-order chi connectivity index (χ0) is 23.6. The number of carboxylic acids is 1. The predicted octanol–water partition coefficient (Wildman–Crippen LogP) is 6.62. The van der Waals surface area contributed by atoms with Crippen LogP contribution in [0.15, 0.2) is 36.4 Å². The number of carbonyl (C=O) groups is 2. The van der Waals surface area contributed by atoms with Crippen LogP contribution in [0.1, 0.15) is 35.4 Å². The SMILES string of the molecule is O=C(O)CC(CC(=O)Nc1cc(C(F)(F)F)cc(C(F)(F)F)c1)c1ccc(Cl)cc1Cl. The Kier molecular flexibility index (Phi) is 7.48. The van der Waals surface area contributed by atoms with Crippen LogP contribution in [-0.4, -0.2) is 17.0 Å². The van der Waals surface area contributed by atoms with Crippen molar-refractivity contribution in [2.45, 2.75) is 31.1 Å². The van der Waals surface area contributed by atoms with Gasteiger partial charge in [0.15, 0.2) is 0 Å². The van der Waals surface area contributed by atoms with Crippen molar-refractivity contribution >= 4 is 40.8 Å². The van der Waals surface area contributed by atoms with E-state index in [4.69, 9.17) is 28.3 Å². The number of benzene rings is 2. The van der Waals surface area contributed by atoms with Crippen molar-refractivity contribution in [2.75, 3.05) is 5.32 Å². The van der Waals surface area contributed by atoms with Gasteiger partial charge in [0.2, 0.25) is 5.91 Å². The fourth-order valence-electron chi connectivity index (χ4n) is 2.80. The molecule has 0 aromatic heterocycles. The summed E-state index contributed by atoms with van der Waals surface area (Å²) >= 11 is 11.8. The molecule has 2 aromatic carbocycles. The molecule has 0 aliphatic carbocycles. The van der Waals surface area contributed by atoms with Crippen LogP contribution in [-0.2, 0) is 21.9 Å². The number of hydrogen-bond donors (Lipinski definition) is 2. The van der Waals surface area contributed by atoms with E-state index in [1.165, 1.54) is 18.2 Å². The van der Waals surface area contributed by atoms with Crippen molar-refractivity contribution in [2.24, 2.45) is 0 Å². The van der Waals surface area contributed by atoms with E-state index < -0.39 is 59.8 Å². The van der Waals surface area contributed by atoms with Gasteiger partial charge in [0.25, 0.3) is 0 Å². The summed E-state index contributed by atoms with van der Waals surface area (Å²) in [7, 11) is 0. The molecule has 168 valence electrons. The normalized spacial score (nSPS) is 13.0. The molecular weight excluding hydrogens is 475 g/mol. The third-order valence-electron chi connectivity index (χ3n) is 4.13. The molecule has 1 unspecified atom stereocenters. The van der Waals surface area contributed by atoms with Gasteiger partial charge in [-0.1, -0.05) is 29.3 Å². The Balaban J connectivity index is 2.32. The largest absolute Gasteiger partial charge is 0.481 e. The van der Waals surface area contributed by atoms with Gasteiger partial charge < -0.3 is 10.4 Å². The van der Waals surface area contributed by atoms with Gasteiger partial charge >= 0.3 is 18.3 Å². The maximum Gasteiger partial charge on any atom is 0.416 e. The molecule has 2 aromatic rings. The van der Waals surface area contributed by atoms with Gasteiger partial charge in [-0.2, -0.15) is 26.3 Å². The number of hydrogen-bond acceptors (Lipinski definition) is 2. The Labute approximate surface area is 181 Å². The molecule has 0 fully saturated rings. The van der Waals surface area contributed by atoms with E-state index in [1.807, 2.05) is 5.32 Å². The lowest BCUT2D eigenvalue weighted by Crippen LogP contribution is -2.19. The number of amides is 1. The van der Waals surface area contributed by atoms with E-state index in [1.54, 1.807) is 0 Å². The van der Waals surface area contributed by atoms with Crippen LogP contribution in [0.25, 0.3) is 0 Å². The maximum atomic E-state index is 13.0. The molecule has 0 spiro atoms. The van der Waals surface area contributed by atoms with Crippen LogP contribution in [0.2, 0.25) is 10.0 Å². The number of alkyl halides is 6. The second-order valence-electron chi connectivity index (χ2n) is 6.51. The van der Waals surface area contributed by atoms with Crippen molar-refractivity contribution in [1.82, 2.24) is 0 Å². The number of carboxylic acid groups (broad SMARTS) is 1. The molecule has 0 saturated carbocycles. The Morgan fingerprint density at radius 3 is 1.90 bits per heavy atom. The van der Waals surface area contributed by atoms with Gasteiger partial charge in [0.1, 0.15) is 0 Å². The molecule has 4 nitrogen and oxygen atoms in total. The van der Waals surface area contributed by atoms with Crippen LogP contribution >= 0.6 is 23.2 Å². The molecule has 2 N–H and O–H groups in total. The summed E-state index contributed by atoms with van der Waals surface area (Å²) in [5.74, 6) is -3.29. The third kappa shape index (κ3) is 7.03. The Bertz CT molecular complexity index is 959. The highest BCUT2D eigenvalue weighted by Crippen LogP contribution is 2.38. The second-order valence-corrected chi connectivity index (χ2v) is 7.35. The van der Waals surface area contributed by atoms with E-state index in [0.29, 0.717) is 12.1 Å². The van der Waals surface area contributed by atoms with Crippen LogP contribution in [0.4, 0.5) is 32.0 Å². The maximum absolute atomic E-state index is 13.0. The second kappa shape index (κ2) is 9.35. The monoisotopic (exact) mass is 487 g/mol. The fourth-order valence-corrected chi connectivity index (χ4v) is 3.36. The summed E-state index contributed by atoms with van der Waals surface area (Å²) in [6, 6.07) is 4.74. The Hall–Kier alpha value is -2.46. The van der Waals surface area contributed by atoms with Crippen LogP contribution < -0.4 is 5.32 Å². The highest BCUT2D eigenvalue weighted by atomic mass is 35.5. The van der Waals surface area contributed by atoms with Gasteiger partial charge in [-0.05, 0) is 35.9 Å². The fraction of sp³-hybridized carbons (Fsp3) is 0.263. The summed E-state index contributed by atoms with van der Waals surface area (Å²) in [5, 5.41) is 11.4. The molecule has 0 saturated heterocycles. The first-order valence-electron chi connectivity index (χ1n) is 8.43. The molecular formula is C19H13Cl2F6NO3. The summed E-state index contributed by atoms with van der Waals surface area (Å²) in [6.07, 6.45) is -11.3. The van der Waals surface area contributed by atoms with E-state index in [-0.39, 0.29) is 21.7 Å². The number of halogens is 8. The molecule has 12 heteroatoms.